The van der Waals surface area contributed by atoms with Crippen molar-refractivity contribution in [2.24, 2.45) is 0 Å². The number of ether oxygens (including phenoxy) is 1. The molecule has 0 amide bonds. The van der Waals surface area contributed by atoms with Gasteiger partial charge >= 0.3 is 0 Å². The Hall–Kier alpha value is -9.59. The Morgan fingerprint density at radius 1 is 0.324 bits per heavy atom. The monoisotopic (exact) mass is 906 g/mol. The average Bonchev–Trinajstić information content (AvgIpc) is 4.15. The van der Waals surface area contributed by atoms with Crippen molar-refractivity contribution in [3.05, 3.63) is 253 Å². The highest BCUT2D eigenvalue weighted by Crippen LogP contribution is 2.62. The molecule has 71 heavy (non-hydrogen) atoms. The van der Waals surface area contributed by atoms with Gasteiger partial charge in [0.05, 0.1) is 55.6 Å². The summed E-state index contributed by atoms with van der Waals surface area (Å²) in [5.41, 5.74) is 16.3. The van der Waals surface area contributed by atoms with Crippen molar-refractivity contribution in [1.29, 1.82) is 0 Å². The first-order valence-electron chi connectivity index (χ1n) is 24.1. The molecule has 0 saturated heterocycles. The lowest BCUT2D eigenvalue weighted by molar-refractivity contribution is 0.436. The highest BCUT2D eigenvalue weighted by atomic mass is 16.5. The quantitative estimate of drug-likeness (QED) is 0.176. The second kappa shape index (κ2) is 14.2. The molecule has 1 spiro atoms. The lowest BCUT2D eigenvalue weighted by atomic mass is 9.66. The fourth-order valence-corrected chi connectivity index (χ4v) is 12.4. The van der Waals surface area contributed by atoms with Gasteiger partial charge in [-0.3, -0.25) is 14.5 Å². The second-order valence-corrected chi connectivity index (χ2v) is 18.7. The van der Waals surface area contributed by atoms with Gasteiger partial charge in [0, 0.05) is 73.8 Å². The third-order valence-electron chi connectivity index (χ3n) is 15.3. The van der Waals surface area contributed by atoms with Crippen molar-refractivity contribution in [2.75, 3.05) is 0 Å². The van der Waals surface area contributed by atoms with Gasteiger partial charge in [-0.05, 0) is 101 Å². The largest absolute Gasteiger partial charge is 0.457 e. The van der Waals surface area contributed by atoms with Gasteiger partial charge in [0.25, 0.3) is 0 Å². The standard InChI is InChI=1S/C64H38N6O/c1-6-21-52-42(14-1)43-15-2-7-22-53(43)68(52)41-29-31-49-60(38-41)71-59-37-40(27-30-48(59)64(49)50-19-11-33-65-61(50)62-51(64)20-12-34-66-62)39-28-32-57-47(36-39)46-18-5-8-23-54(46)69(57)58-26-13-35-67-63(58)70-55-24-9-3-16-44(55)45-17-4-10-25-56(45)70/h1-38H. The summed E-state index contributed by atoms with van der Waals surface area (Å²) in [5.74, 6) is 2.48. The Labute approximate surface area is 406 Å². The Morgan fingerprint density at radius 3 is 1.38 bits per heavy atom. The highest BCUT2D eigenvalue weighted by molar-refractivity contribution is 6.13. The summed E-state index contributed by atoms with van der Waals surface area (Å²) in [7, 11) is 0. The van der Waals surface area contributed by atoms with Crippen LogP contribution in [0.15, 0.2) is 231 Å². The van der Waals surface area contributed by atoms with E-state index >= 15 is 0 Å². The lowest BCUT2D eigenvalue weighted by Crippen LogP contribution is -2.32. The molecular weight excluding hydrogens is 869 g/mol. The summed E-state index contributed by atoms with van der Waals surface area (Å²) in [6.45, 7) is 0. The molecule has 7 heterocycles. The van der Waals surface area contributed by atoms with Crippen LogP contribution in [0.4, 0.5) is 0 Å². The van der Waals surface area contributed by atoms with Gasteiger partial charge < -0.3 is 13.9 Å². The van der Waals surface area contributed by atoms with Gasteiger partial charge in [0.1, 0.15) is 11.5 Å². The van der Waals surface area contributed by atoms with Crippen LogP contribution in [0.25, 0.3) is 105 Å². The molecule has 330 valence electrons. The van der Waals surface area contributed by atoms with E-state index in [-0.39, 0.29) is 0 Å². The number of nitrogens with zero attached hydrogens (tertiary/aromatic N) is 6. The third kappa shape index (κ3) is 5.08. The molecule has 0 saturated carbocycles. The van der Waals surface area contributed by atoms with E-state index in [9.17, 15) is 0 Å². The fourth-order valence-electron chi connectivity index (χ4n) is 12.4. The predicted molar refractivity (Wildman–Crippen MR) is 286 cm³/mol. The molecule has 7 heteroatoms. The molecule has 16 rings (SSSR count). The first-order valence-corrected chi connectivity index (χ1v) is 24.1. The molecule has 14 aromatic rings. The SMILES string of the molecule is c1cnc(-n2c3ccccc3c3ccccc32)c(-n2c3ccccc3c3cc(-c4ccc5c(c4)Oc4cc(-n6c7ccccc7c7ccccc76)ccc4C54c5cccnc5-c5ncccc54)ccc32)c1. The summed E-state index contributed by atoms with van der Waals surface area (Å²) in [4.78, 5) is 15.1. The maximum Gasteiger partial charge on any atom is 0.162 e. The van der Waals surface area contributed by atoms with Crippen LogP contribution in [0.2, 0.25) is 0 Å². The van der Waals surface area contributed by atoms with Crippen LogP contribution in [0, 0.1) is 0 Å². The second-order valence-electron chi connectivity index (χ2n) is 18.7. The minimum absolute atomic E-state index is 0.719. The van der Waals surface area contributed by atoms with E-state index in [0.29, 0.717) is 0 Å². The maximum absolute atomic E-state index is 7.28. The Kier molecular flexibility index (Phi) is 7.69. The highest BCUT2D eigenvalue weighted by Gasteiger charge is 2.52. The van der Waals surface area contributed by atoms with Crippen LogP contribution in [0.3, 0.4) is 0 Å². The minimum atomic E-state index is -0.719. The molecule has 6 aromatic heterocycles. The molecule has 1 aliphatic heterocycles. The van der Waals surface area contributed by atoms with Gasteiger partial charge in [-0.2, -0.15) is 0 Å². The minimum Gasteiger partial charge on any atom is -0.457 e. The van der Waals surface area contributed by atoms with Crippen molar-refractivity contribution >= 4 is 65.4 Å². The number of benzene rings is 8. The van der Waals surface area contributed by atoms with Crippen molar-refractivity contribution in [2.45, 2.75) is 5.41 Å². The summed E-state index contributed by atoms with van der Waals surface area (Å²) in [6.07, 6.45) is 5.65. The Balaban J connectivity index is 0.894. The fraction of sp³-hybridized carbons (Fsp3) is 0.0156. The third-order valence-corrected chi connectivity index (χ3v) is 15.3. The van der Waals surface area contributed by atoms with E-state index < -0.39 is 5.41 Å². The summed E-state index contributed by atoms with van der Waals surface area (Å²) in [6, 6.07) is 76.3. The molecule has 1 aliphatic carbocycles. The number of aromatic nitrogens is 6. The van der Waals surface area contributed by atoms with Crippen LogP contribution in [0.1, 0.15) is 22.3 Å². The molecule has 7 nitrogen and oxygen atoms in total. The number of hydrogen-bond acceptors (Lipinski definition) is 4. The van der Waals surface area contributed by atoms with Crippen molar-refractivity contribution < 1.29 is 4.74 Å². The lowest BCUT2D eigenvalue weighted by Gasteiger charge is -2.39. The zero-order valence-corrected chi connectivity index (χ0v) is 38.0. The zero-order chi connectivity index (χ0) is 46.4. The van der Waals surface area contributed by atoms with Gasteiger partial charge in [0.2, 0.25) is 0 Å². The van der Waals surface area contributed by atoms with E-state index in [4.69, 9.17) is 19.7 Å². The van der Waals surface area contributed by atoms with Crippen molar-refractivity contribution in [1.82, 2.24) is 28.7 Å². The van der Waals surface area contributed by atoms with Crippen molar-refractivity contribution in [3.8, 4) is 51.2 Å². The maximum atomic E-state index is 7.28. The van der Waals surface area contributed by atoms with Gasteiger partial charge in [-0.25, -0.2) is 4.98 Å². The van der Waals surface area contributed by atoms with E-state index in [1.807, 2.05) is 36.8 Å². The van der Waals surface area contributed by atoms with Crippen LogP contribution in [0.5, 0.6) is 11.5 Å². The topological polar surface area (TPSA) is 62.7 Å². The first-order chi connectivity index (χ1) is 35.2. The molecular formula is C64H38N6O. The first kappa shape index (κ1) is 38.4. The van der Waals surface area contributed by atoms with Gasteiger partial charge in [0.15, 0.2) is 5.82 Å². The number of para-hydroxylation sites is 5. The van der Waals surface area contributed by atoms with E-state index in [1.165, 1.54) is 26.9 Å². The molecule has 8 aromatic carbocycles. The summed E-state index contributed by atoms with van der Waals surface area (Å²) >= 11 is 0. The van der Waals surface area contributed by atoms with E-state index in [2.05, 4.69) is 208 Å². The Bertz CT molecular complexity index is 4440. The molecule has 0 unspecified atom stereocenters. The van der Waals surface area contributed by atoms with E-state index in [0.717, 1.165) is 112 Å². The number of fused-ring (bicyclic) bond motifs is 18. The zero-order valence-electron chi connectivity index (χ0n) is 38.0. The van der Waals surface area contributed by atoms with Crippen LogP contribution >= 0.6 is 0 Å². The Morgan fingerprint density at radius 2 is 0.775 bits per heavy atom. The average molecular weight is 907 g/mol. The normalized spacial score (nSPS) is 13.3. The van der Waals surface area contributed by atoms with Gasteiger partial charge in [-0.15, -0.1) is 0 Å². The molecule has 0 fully saturated rings. The number of rotatable bonds is 4. The van der Waals surface area contributed by atoms with Crippen LogP contribution in [-0.2, 0) is 5.41 Å². The van der Waals surface area contributed by atoms with Crippen LogP contribution < -0.4 is 4.74 Å². The molecule has 0 N–H and O–H groups in total. The van der Waals surface area contributed by atoms with E-state index in [1.54, 1.807) is 0 Å². The summed E-state index contributed by atoms with van der Waals surface area (Å²) < 4.78 is 14.3. The number of pyridine rings is 3. The smallest absolute Gasteiger partial charge is 0.162 e. The van der Waals surface area contributed by atoms with Crippen molar-refractivity contribution in [3.63, 3.8) is 0 Å². The molecule has 0 radical (unpaired) electrons. The molecule has 2 aliphatic rings. The predicted octanol–water partition coefficient (Wildman–Crippen LogP) is 15.3. The summed E-state index contributed by atoms with van der Waals surface area (Å²) in [5, 5.41) is 7.16. The molecule has 0 atom stereocenters. The van der Waals surface area contributed by atoms with Crippen LogP contribution in [-0.4, -0.2) is 28.7 Å². The van der Waals surface area contributed by atoms with Gasteiger partial charge in [-0.1, -0.05) is 127 Å². The molecule has 0 bridgehead atoms. The number of hydrogen-bond donors (Lipinski definition) is 0.